The van der Waals surface area contributed by atoms with Gasteiger partial charge < -0.3 is 10.1 Å². The van der Waals surface area contributed by atoms with E-state index in [1.54, 1.807) is 11.4 Å². The highest BCUT2D eigenvalue weighted by atomic mass is 32.1. The molecule has 7 heteroatoms. The van der Waals surface area contributed by atoms with Gasteiger partial charge >= 0.3 is 5.97 Å². The molecule has 0 radical (unpaired) electrons. The lowest BCUT2D eigenvalue weighted by Crippen LogP contribution is -2.37. The third-order valence-electron chi connectivity index (χ3n) is 2.89. The van der Waals surface area contributed by atoms with Crippen molar-refractivity contribution in [2.45, 2.75) is 20.3 Å². The van der Waals surface area contributed by atoms with Crippen molar-refractivity contribution in [1.82, 2.24) is 4.90 Å². The van der Waals surface area contributed by atoms with Crippen molar-refractivity contribution in [2.24, 2.45) is 5.92 Å². The van der Waals surface area contributed by atoms with E-state index in [9.17, 15) is 9.59 Å². The van der Waals surface area contributed by atoms with Crippen LogP contribution >= 0.6 is 11.3 Å². The van der Waals surface area contributed by atoms with E-state index in [4.69, 9.17) is 5.26 Å². The molecule has 0 aliphatic heterocycles. The molecular formula is C15H21N3O3S. The van der Waals surface area contributed by atoms with E-state index < -0.39 is 0 Å². The van der Waals surface area contributed by atoms with Crippen LogP contribution in [0.5, 0.6) is 0 Å². The minimum Gasteiger partial charge on any atom is -0.469 e. The van der Waals surface area contributed by atoms with Crippen LogP contribution in [0.1, 0.15) is 25.8 Å². The van der Waals surface area contributed by atoms with E-state index in [0.29, 0.717) is 29.6 Å². The van der Waals surface area contributed by atoms with Crippen molar-refractivity contribution in [1.29, 1.82) is 5.26 Å². The summed E-state index contributed by atoms with van der Waals surface area (Å²) in [7, 11) is 1.35. The van der Waals surface area contributed by atoms with E-state index in [-0.39, 0.29) is 24.8 Å². The molecule has 1 amide bonds. The number of nitrogens with one attached hydrogen (secondary N) is 1. The molecule has 1 rings (SSSR count). The van der Waals surface area contributed by atoms with Gasteiger partial charge in [0.05, 0.1) is 25.6 Å². The molecule has 0 saturated heterocycles. The molecule has 120 valence electrons. The summed E-state index contributed by atoms with van der Waals surface area (Å²) in [6.45, 7) is 5.46. The van der Waals surface area contributed by atoms with E-state index in [1.807, 2.05) is 11.0 Å². The first-order chi connectivity index (χ1) is 10.5. The van der Waals surface area contributed by atoms with Crippen LogP contribution in [-0.2, 0) is 14.3 Å². The maximum Gasteiger partial charge on any atom is 0.306 e. The third-order valence-corrected chi connectivity index (χ3v) is 3.72. The standard InChI is InChI=1S/C15H21N3O3S/c1-11(2)9-18(6-4-14(20)21-3)10-13(19)17-15-12(8-16)5-7-22-15/h5,7,11H,4,6,9-10H2,1-3H3,(H,17,19). The highest BCUT2D eigenvalue weighted by molar-refractivity contribution is 7.14. The Morgan fingerprint density at radius 3 is 2.82 bits per heavy atom. The molecule has 0 bridgehead atoms. The molecule has 1 aromatic heterocycles. The minimum atomic E-state index is -0.292. The van der Waals surface area contributed by atoms with Gasteiger partial charge in [-0.3, -0.25) is 14.5 Å². The molecule has 0 aliphatic carbocycles. The number of nitrogens with zero attached hydrogens (tertiary/aromatic N) is 2. The maximum absolute atomic E-state index is 12.1. The fourth-order valence-corrected chi connectivity index (χ4v) is 2.72. The van der Waals surface area contributed by atoms with E-state index >= 15 is 0 Å². The minimum absolute atomic E-state index is 0.179. The van der Waals surface area contributed by atoms with Crippen molar-refractivity contribution in [3.05, 3.63) is 17.0 Å². The van der Waals surface area contributed by atoms with Gasteiger partial charge in [-0.05, 0) is 17.4 Å². The first kappa shape index (κ1) is 18.1. The second-order valence-electron chi connectivity index (χ2n) is 5.28. The fourth-order valence-electron chi connectivity index (χ4n) is 1.97. The van der Waals surface area contributed by atoms with Crippen LogP contribution in [0.4, 0.5) is 5.00 Å². The molecule has 22 heavy (non-hydrogen) atoms. The number of ether oxygens (including phenoxy) is 1. The number of thiophene rings is 1. The lowest BCUT2D eigenvalue weighted by Gasteiger charge is -2.23. The number of carbonyl (C=O) groups is 2. The molecular weight excluding hydrogens is 302 g/mol. The van der Waals surface area contributed by atoms with Crippen molar-refractivity contribution in [2.75, 3.05) is 32.1 Å². The number of amides is 1. The Morgan fingerprint density at radius 2 is 2.23 bits per heavy atom. The number of methoxy groups -OCH3 is 1. The summed E-state index contributed by atoms with van der Waals surface area (Å²) in [6.07, 6.45) is 0.249. The predicted octanol–water partition coefficient (Wildman–Crippen LogP) is 2.08. The Balaban J connectivity index is 2.58. The Kier molecular flexibility index (Phi) is 7.57. The Morgan fingerprint density at radius 1 is 1.50 bits per heavy atom. The lowest BCUT2D eigenvalue weighted by molar-refractivity contribution is -0.141. The molecule has 1 aromatic rings. The van der Waals surface area contributed by atoms with Crippen LogP contribution in [-0.4, -0.2) is 43.5 Å². The van der Waals surface area contributed by atoms with Gasteiger partial charge in [0.15, 0.2) is 0 Å². The van der Waals surface area contributed by atoms with Crippen molar-refractivity contribution >= 4 is 28.2 Å². The van der Waals surface area contributed by atoms with Gasteiger partial charge in [-0.25, -0.2) is 0 Å². The van der Waals surface area contributed by atoms with Crippen LogP contribution in [0.15, 0.2) is 11.4 Å². The van der Waals surface area contributed by atoms with Crippen LogP contribution in [0.25, 0.3) is 0 Å². The van der Waals surface area contributed by atoms with Crippen LogP contribution < -0.4 is 5.32 Å². The van der Waals surface area contributed by atoms with Crippen LogP contribution in [0.3, 0.4) is 0 Å². The number of hydrogen-bond donors (Lipinski definition) is 1. The quantitative estimate of drug-likeness (QED) is 0.741. The molecule has 0 saturated carbocycles. The molecule has 0 fully saturated rings. The molecule has 0 spiro atoms. The Hall–Kier alpha value is -1.91. The zero-order valence-electron chi connectivity index (χ0n) is 13.1. The first-order valence-corrected chi connectivity index (χ1v) is 7.90. The topological polar surface area (TPSA) is 82.4 Å². The van der Waals surface area contributed by atoms with Crippen molar-refractivity contribution in [3.8, 4) is 6.07 Å². The summed E-state index contributed by atoms with van der Waals surface area (Å²) in [4.78, 5) is 25.3. The lowest BCUT2D eigenvalue weighted by atomic mass is 10.2. The molecule has 0 unspecified atom stereocenters. The molecule has 6 nitrogen and oxygen atoms in total. The van der Waals surface area contributed by atoms with Crippen LogP contribution in [0.2, 0.25) is 0 Å². The Bertz CT molecular complexity index is 548. The van der Waals surface area contributed by atoms with Gasteiger partial charge in [0.2, 0.25) is 5.91 Å². The second-order valence-corrected chi connectivity index (χ2v) is 6.19. The van der Waals surface area contributed by atoms with Gasteiger partial charge in [-0.15, -0.1) is 11.3 Å². The summed E-state index contributed by atoms with van der Waals surface area (Å²) in [6, 6.07) is 3.71. The normalized spacial score (nSPS) is 10.5. The average Bonchev–Trinajstić information content (AvgIpc) is 2.90. The van der Waals surface area contributed by atoms with E-state index in [2.05, 4.69) is 23.9 Å². The number of rotatable bonds is 8. The van der Waals surface area contributed by atoms with Gasteiger partial charge in [0.1, 0.15) is 11.1 Å². The summed E-state index contributed by atoms with van der Waals surface area (Å²) in [5.41, 5.74) is 0.461. The number of hydrogen-bond acceptors (Lipinski definition) is 6. The summed E-state index contributed by atoms with van der Waals surface area (Å²) >= 11 is 1.32. The number of carbonyl (C=O) groups excluding carboxylic acids is 2. The summed E-state index contributed by atoms with van der Waals surface area (Å²) in [5, 5.41) is 14.0. The Labute approximate surface area is 134 Å². The monoisotopic (exact) mass is 323 g/mol. The van der Waals surface area contributed by atoms with Crippen LogP contribution in [0, 0.1) is 17.2 Å². The molecule has 0 aromatic carbocycles. The second kappa shape index (κ2) is 9.18. The predicted molar refractivity (Wildman–Crippen MR) is 85.6 cm³/mol. The highest BCUT2D eigenvalue weighted by Crippen LogP contribution is 2.21. The number of esters is 1. The maximum atomic E-state index is 12.1. The van der Waals surface area contributed by atoms with Gasteiger partial charge in [-0.1, -0.05) is 13.8 Å². The SMILES string of the molecule is COC(=O)CCN(CC(=O)Nc1sccc1C#N)CC(C)C. The largest absolute Gasteiger partial charge is 0.469 e. The number of anilines is 1. The molecule has 0 atom stereocenters. The van der Waals surface area contributed by atoms with Crippen molar-refractivity contribution < 1.29 is 14.3 Å². The van der Waals surface area contributed by atoms with E-state index in [1.165, 1.54) is 18.4 Å². The highest BCUT2D eigenvalue weighted by Gasteiger charge is 2.15. The molecule has 1 heterocycles. The first-order valence-electron chi connectivity index (χ1n) is 7.02. The fraction of sp³-hybridized carbons (Fsp3) is 0.533. The summed E-state index contributed by atoms with van der Waals surface area (Å²) in [5.74, 6) is -0.106. The molecule has 0 aliphatic rings. The number of nitriles is 1. The third kappa shape index (κ3) is 6.24. The van der Waals surface area contributed by atoms with Gasteiger partial charge in [-0.2, -0.15) is 5.26 Å². The molecule has 1 N–H and O–H groups in total. The average molecular weight is 323 g/mol. The van der Waals surface area contributed by atoms with Crippen molar-refractivity contribution in [3.63, 3.8) is 0 Å². The smallest absolute Gasteiger partial charge is 0.306 e. The zero-order chi connectivity index (χ0) is 16.5. The zero-order valence-corrected chi connectivity index (χ0v) is 13.9. The van der Waals surface area contributed by atoms with E-state index in [0.717, 1.165) is 0 Å². The summed E-state index contributed by atoms with van der Waals surface area (Å²) < 4.78 is 4.63. The van der Waals surface area contributed by atoms with Gasteiger partial charge in [0, 0.05) is 13.1 Å². The van der Waals surface area contributed by atoms with Gasteiger partial charge in [0.25, 0.3) is 0 Å².